The van der Waals surface area contributed by atoms with Crippen molar-refractivity contribution in [2.24, 2.45) is 0 Å². The standard InChI is InChI=1S/C17H21N3O/c1-3-9-20-11-10-19(13-16-7-6-14(2)21-16)12-15-5-4-8-18-17(15)20/h3-8H,1,9-13H2,2H3. The normalized spacial score (nSPS) is 15.6. The molecule has 0 saturated heterocycles. The monoisotopic (exact) mass is 283 g/mol. The summed E-state index contributed by atoms with van der Waals surface area (Å²) in [7, 11) is 0. The van der Waals surface area contributed by atoms with E-state index in [1.807, 2.05) is 31.3 Å². The third-order valence-electron chi connectivity index (χ3n) is 3.77. The summed E-state index contributed by atoms with van der Waals surface area (Å²) < 4.78 is 5.70. The molecule has 0 unspecified atom stereocenters. The number of hydrogen-bond donors (Lipinski definition) is 0. The third-order valence-corrected chi connectivity index (χ3v) is 3.77. The van der Waals surface area contributed by atoms with Gasteiger partial charge < -0.3 is 9.32 Å². The minimum atomic E-state index is 0.831. The Morgan fingerprint density at radius 1 is 1.33 bits per heavy atom. The van der Waals surface area contributed by atoms with Gasteiger partial charge in [-0.3, -0.25) is 4.90 Å². The van der Waals surface area contributed by atoms with Gasteiger partial charge in [-0.2, -0.15) is 0 Å². The third kappa shape index (κ3) is 3.16. The maximum absolute atomic E-state index is 5.70. The molecule has 110 valence electrons. The van der Waals surface area contributed by atoms with E-state index in [-0.39, 0.29) is 0 Å². The van der Waals surface area contributed by atoms with Crippen molar-refractivity contribution >= 4 is 5.82 Å². The van der Waals surface area contributed by atoms with Crippen molar-refractivity contribution < 1.29 is 4.42 Å². The Morgan fingerprint density at radius 2 is 2.24 bits per heavy atom. The first kappa shape index (κ1) is 13.9. The smallest absolute Gasteiger partial charge is 0.133 e. The molecule has 0 atom stereocenters. The van der Waals surface area contributed by atoms with Gasteiger partial charge in [0.1, 0.15) is 17.3 Å². The van der Waals surface area contributed by atoms with Crippen LogP contribution in [0.4, 0.5) is 5.82 Å². The molecule has 1 aliphatic heterocycles. The fourth-order valence-electron chi connectivity index (χ4n) is 2.79. The van der Waals surface area contributed by atoms with E-state index in [2.05, 4.69) is 33.5 Å². The van der Waals surface area contributed by atoms with Crippen molar-refractivity contribution in [2.45, 2.75) is 20.0 Å². The van der Waals surface area contributed by atoms with Gasteiger partial charge >= 0.3 is 0 Å². The molecule has 1 aliphatic rings. The minimum absolute atomic E-state index is 0.831. The highest BCUT2D eigenvalue weighted by Gasteiger charge is 2.20. The number of furan rings is 1. The van der Waals surface area contributed by atoms with E-state index in [1.54, 1.807) is 0 Å². The number of aryl methyl sites for hydroxylation is 1. The second kappa shape index (κ2) is 6.14. The van der Waals surface area contributed by atoms with Crippen LogP contribution in [0.5, 0.6) is 0 Å². The van der Waals surface area contributed by atoms with Gasteiger partial charge in [0.2, 0.25) is 0 Å². The number of rotatable bonds is 4. The highest BCUT2D eigenvalue weighted by Crippen LogP contribution is 2.23. The van der Waals surface area contributed by atoms with E-state index in [4.69, 9.17) is 4.42 Å². The lowest BCUT2D eigenvalue weighted by Crippen LogP contribution is -2.31. The topological polar surface area (TPSA) is 32.5 Å². The lowest BCUT2D eigenvalue weighted by molar-refractivity contribution is 0.244. The molecule has 0 fully saturated rings. The highest BCUT2D eigenvalue weighted by molar-refractivity contribution is 5.48. The Bertz CT molecular complexity index is 620. The molecule has 2 aromatic heterocycles. The van der Waals surface area contributed by atoms with Gasteiger partial charge in [-0.1, -0.05) is 12.1 Å². The van der Waals surface area contributed by atoms with Crippen LogP contribution < -0.4 is 4.90 Å². The van der Waals surface area contributed by atoms with E-state index in [1.165, 1.54) is 5.56 Å². The molecule has 0 spiro atoms. The zero-order valence-electron chi connectivity index (χ0n) is 12.5. The molecular formula is C17H21N3O. The van der Waals surface area contributed by atoms with Crippen LogP contribution in [0.1, 0.15) is 17.1 Å². The Labute approximate surface area is 125 Å². The van der Waals surface area contributed by atoms with Crippen LogP contribution in [0.2, 0.25) is 0 Å². The van der Waals surface area contributed by atoms with Gasteiger partial charge in [0.15, 0.2) is 0 Å². The predicted octanol–water partition coefficient (Wildman–Crippen LogP) is 2.99. The molecule has 0 amide bonds. The summed E-state index contributed by atoms with van der Waals surface area (Å²) in [6.45, 7) is 10.3. The SMILES string of the molecule is C=CCN1CCN(Cc2ccc(C)o2)Cc2cccnc21. The summed E-state index contributed by atoms with van der Waals surface area (Å²) in [5, 5.41) is 0. The van der Waals surface area contributed by atoms with Crippen molar-refractivity contribution in [3.63, 3.8) is 0 Å². The van der Waals surface area contributed by atoms with E-state index in [0.29, 0.717) is 0 Å². The second-order valence-electron chi connectivity index (χ2n) is 5.44. The Morgan fingerprint density at radius 3 is 3.00 bits per heavy atom. The first-order chi connectivity index (χ1) is 10.3. The van der Waals surface area contributed by atoms with E-state index < -0.39 is 0 Å². The Kier molecular flexibility index (Phi) is 4.06. The first-order valence-electron chi connectivity index (χ1n) is 7.33. The van der Waals surface area contributed by atoms with Crippen LogP contribution in [-0.2, 0) is 13.1 Å². The number of nitrogens with zero attached hydrogens (tertiary/aromatic N) is 3. The van der Waals surface area contributed by atoms with Gasteiger partial charge in [0.25, 0.3) is 0 Å². The van der Waals surface area contributed by atoms with Crippen molar-refractivity contribution in [2.75, 3.05) is 24.5 Å². The molecule has 3 heterocycles. The van der Waals surface area contributed by atoms with Crippen LogP contribution in [0.3, 0.4) is 0 Å². The van der Waals surface area contributed by atoms with E-state index >= 15 is 0 Å². The lowest BCUT2D eigenvalue weighted by atomic mass is 10.2. The molecular weight excluding hydrogens is 262 g/mol. The molecule has 21 heavy (non-hydrogen) atoms. The molecule has 0 radical (unpaired) electrons. The predicted molar refractivity (Wildman–Crippen MR) is 84.2 cm³/mol. The molecule has 3 rings (SSSR count). The number of pyridine rings is 1. The van der Waals surface area contributed by atoms with Crippen molar-refractivity contribution in [1.82, 2.24) is 9.88 Å². The largest absolute Gasteiger partial charge is 0.465 e. The van der Waals surface area contributed by atoms with Crippen molar-refractivity contribution in [3.05, 3.63) is 60.2 Å². The summed E-state index contributed by atoms with van der Waals surface area (Å²) in [6.07, 6.45) is 3.80. The summed E-state index contributed by atoms with van der Waals surface area (Å²) in [4.78, 5) is 9.25. The maximum atomic E-state index is 5.70. The van der Waals surface area contributed by atoms with E-state index in [0.717, 1.165) is 50.1 Å². The maximum Gasteiger partial charge on any atom is 0.133 e. The molecule has 0 saturated carbocycles. The molecule has 0 N–H and O–H groups in total. The average Bonchev–Trinajstić information content (AvgIpc) is 2.80. The van der Waals surface area contributed by atoms with Gasteiger partial charge in [-0.15, -0.1) is 6.58 Å². The number of aromatic nitrogens is 1. The molecule has 0 aliphatic carbocycles. The molecule has 4 nitrogen and oxygen atoms in total. The fraction of sp³-hybridized carbons (Fsp3) is 0.353. The van der Waals surface area contributed by atoms with Gasteiger partial charge in [0.05, 0.1) is 6.54 Å². The number of hydrogen-bond acceptors (Lipinski definition) is 4. The zero-order valence-corrected chi connectivity index (χ0v) is 12.5. The van der Waals surface area contributed by atoms with Crippen LogP contribution in [0.25, 0.3) is 0 Å². The Balaban J connectivity index is 1.80. The van der Waals surface area contributed by atoms with E-state index in [9.17, 15) is 0 Å². The van der Waals surface area contributed by atoms with Crippen LogP contribution in [-0.4, -0.2) is 29.5 Å². The van der Waals surface area contributed by atoms with Crippen LogP contribution in [0, 0.1) is 6.92 Å². The highest BCUT2D eigenvalue weighted by atomic mass is 16.3. The first-order valence-corrected chi connectivity index (χ1v) is 7.33. The summed E-state index contributed by atoms with van der Waals surface area (Å²) in [5.74, 6) is 3.07. The molecule has 2 aromatic rings. The van der Waals surface area contributed by atoms with Crippen LogP contribution in [0.15, 0.2) is 47.5 Å². The number of fused-ring (bicyclic) bond motifs is 1. The van der Waals surface area contributed by atoms with Crippen molar-refractivity contribution in [1.29, 1.82) is 0 Å². The molecule has 4 heteroatoms. The summed E-state index contributed by atoms with van der Waals surface area (Å²) in [5.41, 5.74) is 1.26. The lowest BCUT2D eigenvalue weighted by Gasteiger charge is -2.22. The minimum Gasteiger partial charge on any atom is -0.465 e. The molecule has 0 aromatic carbocycles. The molecule has 0 bridgehead atoms. The van der Waals surface area contributed by atoms with Gasteiger partial charge in [-0.25, -0.2) is 4.98 Å². The van der Waals surface area contributed by atoms with Gasteiger partial charge in [-0.05, 0) is 25.1 Å². The average molecular weight is 283 g/mol. The quantitative estimate of drug-likeness (QED) is 0.808. The second-order valence-corrected chi connectivity index (χ2v) is 5.44. The fourth-order valence-corrected chi connectivity index (χ4v) is 2.79. The number of anilines is 1. The summed E-state index contributed by atoms with van der Waals surface area (Å²) >= 11 is 0. The van der Waals surface area contributed by atoms with Crippen molar-refractivity contribution in [3.8, 4) is 0 Å². The summed E-state index contributed by atoms with van der Waals surface area (Å²) in [6, 6.07) is 8.24. The van der Waals surface area contributed by atoms with Gasteiger partial charge in [0, 0.05) is 37.9 Å². The zero-order chi connectivity index (χ0) is 14.7. The Hall–Kier alpha value is -2.07. The van der Waals surface area contributed by atoms with Crippen LogP contribution >= 0.6 is 0 Å².